The summed E-state index contributed by atoms with van der Waals surface area (Å²) in [5.41, 5.74) is 1.20. The van der Waals surface area contributed by atoms with Gasteiger partial charge in [-0.25, -0.2) is 0 Å². The Labute approximate surface area is 140 Å². The fourth-order valence-electron chi connectivity index (χ4n) is 2.64. The fraction of sp³-hybridized carbons (Fsp3) is 0.500. The number of rotatable bonds is 6. The fourth-order valence-corrected chi connectivity index (χ4v) is 3.76. The van der Waals surface area contributed by atoms with Crippen LogP contribution in [0.4, 0.5) is 0 Å². The van der Waals surface area contributed by atoms with E-state index in [0.29, 0.717) is 6.10 Å². The first kappa shape index (κ1) is 15.8. The Balaban J connectivity index is 1.71. The third-order valence-corrected chi connectivity index (χ3v) is 5.05. The Bertz CT molecular complexity index is 626. The van der Waals surface area contributed by atoms with Crippen LogP contribution in [0.25, 0.3) is 0 Å². The Morgan fingerprint density at radius 3 is 3.05 bits per heavy atom. The van der Waals surface area contributed by atoms with Crippen molar-refractivity contribution in [3.05, 3.63) is 40.7 Å². The SMILES string of the molecule is CCc1nnc(SCc2cccc(Cl)c2)n1CC1CCCO1. The molecule has 0 amide bonds. The van der Waals surface area contributed by atoms with E-state index in [2.05, 4.69) is 27.8 Å². The van der Waals surface area contributed by atoms with E-state index >= 15 is 0 Å². The number of ether oxygens (including phenoxy) is 1. The first-order valence-corrected chi connectivity index (χ1v) is 9.03. The first-order chi connectivity index (χ1) is 10.8. The Morgan fingerprint density at radius 2 is 2.32 bits per heavy atom. The van der Waals surface area contributed by atoms with Crippen LogP contribution in [0.15, 0.2) is 29.4 Å². The number of benzene rings is 1. The van der Waals surface area contributed by atoms with Gasteiger partial charge in [0.1, 0.15) is 5.82 Å². The standard InChI is InChI=1S/C16H20ClN3OS/c1-2-15-18-19-16(20(15)10-14-7-4-8-21-14)22-11-12-5-3-6-13(17)9-12/h3,5-6,9,14H,2,4,7-8,10-11H2,1H3. The van der Waals surface area contributed by atoms with Gasteiger partial charge in [0.25, 0.3) is 0 Å². The number of halogens is 1. The summed E-state index contributed by atoms with van der Waals surface area (Å²) in [6, 6.07) is 7.95. The Morgan fingerprint density at radius 1 is 1.41 bits per heavy atom. The van der Waals surface area contributed by atoms with E-state index in [1.54, 1.807) is 11.8 Å². The van der Waals surface area contributed by atoms with Crippen molar-refractivity contribution < 1.29 is 4.74 Å². The van der Waals surface area contributed by atoms with Crippen molar-refractivity contribution in [2.24, 2.45) is 0 Å². The molecule has 1 aliphatic rings. The second-order valence-corrected chi connectivity index (χ2v) is 6.80. The molecule has 2 heterocycles. The first-order valence-electron chi connectivity index (χ1n) is 7.67. The minimum absolute atomic E-state index is 0.298. The summed E-state index contributed by atoms with van der Waals surface area (Å²) in [4.78, 5) is 0. The van der Waals surface area contributed by atoms with Gasteiger partial charge >= 0.3 is 0 Å². The average Bonchev–Trinajstić information content (AvgIpc) is 3.16. The largest absolute Gasteiger partial charge is 0.376 e. The number of hydrogen-bond donors (Lipinski definition) is 0. The van der Waals surface area contributed by atoms with Gasteiger partial charge in [-0.15, -0.1) is 10.2 Å². The molecule has 0 spiro atoms. The van der Waals surface area contributed by atoms with Crippen LogP contribution < -0.4 is 0 Å². The molecule has 3 rings (SSSR count). The molecule has 0 saturated carbocycles. The Kier molecular flexibility index (Phi) is 5.39. The zero-order chi connectivity index (χ0) is 15.4. The molecule has 6 heteroatoms. The van der Waals surface area contributed by atoms with E-state index in [-0.39, 0.29) is 0 Å². The van der Waals surface area contributed by atoms with Crippen molar-refractivity contribution in [1.82, 2.24) is 14.8 Å². The van der Waals surface area contributed by atoms with Crippen LogP contribution in [0.5, 0.6) is 0 Å². The van der Waals surface area contributed by atoms with Crippen LogP contribution in [-0.2, 0) is 23.5 Å². The van der Waals surface area contributed by atoms with E-state index in [1.807, 2.05) is 18.2 Å². The number of nitrogens with zero attached hydrogens (tertiary/aromatic N) is 3. The van der Waals surface area contributed by atoms with Gasteiger partial charge in [-0.3, -0.25) is 0 Å². The highest BCUT2D eigenvalue weighted by Gasteiger charge is 2.20. The summed E-state index contributed by atoms with van der Waals surface area (Å²) in [5.74, 6) is 1.87. The number of hydrogen-bond acceptors (Lipinski definition) is 4. The summed E-state index contributed by atoms with van der Waals surface area (Å²) < 4.78 is 7.97. The van der Waals surface area contributed by atoms with Gasteiger partial charge in [-0.05, 0) is 30.5 Å². The van der Waals surface area contributed by atoms with Gasteiger partial charge in [0.05, 0.1) is 12.6 Å². The molecule has 0 N–H and O–H groups in total. The summed E-state index contributed by atoms with van der Waals surface area (Å²) in [6.45, 7) is 3.84. The van der Waals surface area contributed by atoms with E-state index in [1.165, 1.54) is 5.56 Å². The molecule has 0 aliphatic carbocycles. The maximum Gasteiger partial charge on any atom is 0.191 e. The van der Waals surface area contributed by atoms with Crippen molar-refractivity contribution in [3.63, 3.8) is 0 Å². The van der Waals surface area contributed by atoms with Crippen molar-refractivity contribution in [2.45, 2.75) is 49.7 Å². The van der Waals surface area contributed by atoms with Crippen LogP contribution in [0, 0.1) is 0 Å². The minimum atomic E-state index is 0.298. The highest BCUT2D eigenvalue weighted by Crippen LogP contribution is 2.25. The third-order valence-electron chi connectivity index (χ3n) is 3.78. The van der Waals surface area contributed by atoms with Crippen molar-refractivity contribution >= 4 is 23.4 Å². The maximum absolute atomic E-state index is 6.04. The minimum Gasteiger partial charge on any atom is -0.376 e. The quantitative estimate of drug-likeness (QED) is 0.748. The summed E-state index contributed by atoms with van der Waals surface area (Å²) >= 11 is 7.74. The second kappa shape index (κ2) is 7.49. The average molecular weight is 338 g/mol. The van der Waals surface area contributed by atoms with E-state index < -0.39 is 0 Å². The predicted molar refractivity (Wildman–Crippen MR) is 89.4 cm³/mol. The molecular formula is C16H20ClN3OS. The van der Waals surface area contributed by atoms with Gasteiger partial charge in [0.2, 0.25) is 0 Å². The van der Waals surface area contributed by atoms with Gasteiger partial charge < -0.3 is 9.30 Å². The molecule has 0 bridgehead atoms. The predicted octanol–water partition coefficient (Wildman–Crippen LogP) is 3.97. The topological polar surface area (TPSA) is 39.9 Å². The maximum atomic E-state index is 6.04. The van der Waals surface area contributed by atoms with Gasteiger partial charge in [-0.1, -0.05) is 42.4 Å². The molecule has 1 aromatic carbocycles. The molecular weight excluding hydrogens is 318 g/mol. The number of aromatic nitrogens is 3. The van der Waals surface area contributed by atoms with Crippen LogP contribution in [0.1, 0.15) is 31.2 Å². The highest BCUT2D eigenvalue weighted by atomic mass is 35.5. The van der Waals surface area contributed by atoms with Gasteiger partial charge in [0.15, 0.2) is 5.16 Å². The van der Waals surface area contributed by atoms with E-state index in [9.17, 15) is 0 Å². The molecule has 0 radical (unpaired) electrons. The second-order valence-electron chi connectivity index (χ2n) is 5.42. The molecule has 1 unspecified atom stereocenters. The lowest BCUT2D eigenvalue weighted by Gasteiger charge is -2.14. The molecule has 1 atom stereocenters. The van der Waals surface area contributed by atoms with Crippen LogP contribution in [-0.4, -0.2) is 27.5 Å². The molecule has 118 valence electrons. The lowest BCUT2D eigenvalue weighted by Crippen LogP contribution is -2.17. The summed E-state index contributed by atoms with van der Waals surface area (Å²) in [7, 11) is 0. The number of thioether (sulfide) groups is 1. The van der Waals surface area contributed by atoms with Gasteiger partial charge in [-0.2, -0.15) is 0 Å². The van der Waals surface area contributed by atoms with Crippen molar-refractivity contribution in [3.8, 4) is 0 Å². The van der Waals surface area contributed by atoms with Gasteiger partial charge in [0, 0.05) is 23.8 Å². The highest BCUT2D eigenvalue weighted by molar-refractivity contribution is 7.98. The normalized spacial score (nSPS) is 18.0. The zero-order valence-electron chi connectivity index (χ0n) is 12.7. The molecule has 1 saturated heterocycles. The molecule has 1 fully saturated rings. The van der Waals surface area contributed by atoms with Crippen molar-refractivity contribution in [2.75, 3.05) is 6.61 Å². The zero-order valence-corrected chi connectivity index (χ0v) is 14.2. The van der Waals surface area contributed by atoms with Crippen LogP contribution >= 0.6 is 23.4 Å². The summed E-state index contributed by atoms with van der Waals surface area (Å²) in [5, 5.41) is 10.4. The van der Waals surface area contributed by atoms with Crippen LogP contribution in [0.2, 0.25) is 5.02 Å². The lowest BCUT2D eigenvalue weighted by molar-refractivity contribution is 0.0942. The third kappa shape index (κ3) is 3.83. The number of aryl methyl sites for hydroxylation is 1. The van der Waals surface area contributed by atoms with E-state index in [4.69, 9.17) is 16.3 Å². The summed E-state index contributed by atoms with van der Waals surface area (Å²) in [6.07, 6.45) is 3.46. The smallest absolute Gasteiger partial charge is 0.191 e. The monoisotopic (exact) mass is 337 g/mol. The molecule has 22 heavy (non-hydrogen) atoms. The molecule has 1 aliphatic heterocycles. The molecule has 1 aromatic heterocycles. The lowest BCUT2D eigenvalue weighted by atomic mass is 10.2. The van der Waals surface area contributed by atoms with E-state index in [0.717, 1.165) is 54.2 Å². The van der Waals surface area contributed by atoms with Crippen LogP contribution in [0.3, 0.4) is 0 Å². The van der Waals surface area contributed by atoms with Crippen molar-refractivity contribution in [1.29, 1.82) is 0 Å². The molecule has 2 aromatic rings. The molecule has 4 nitrogen and oxygen atoms in total. The Hall–Kier alpha value is -1.04.